The van der Waals surface area contributed by atoms with E-state index in [9.17, 15) is 9.59 Å². The number of fused-ring (bicyclic) bond motifs is 2. The van der Waals surface area contributed by atoms with E-state index in [0.29, 0.717) is 15.3 Å². The molecule has 1 amide bonds. The Labute approximate surface area is 144 Å². The normalized spacial score (nSPS) is 11.2. The van der Waals surface area contributed by atoms with Crippen molar-refractivity contribution in [2.75, 3.05) is 5.32 Å². The number of aromatic nitrogens is 3. The molecule has 1 N–H and O–H groups in total. The quantitative estimate of drug-likeness (QED) is 0.612. The summed E-state index contributed by atoms with van der Waals surface area (Å²) in [6, 6.07) is 7.63. The molecule has 0 aliphatic rings. The lowest BCUT2D eigenvalue weighted by Gasteiger charge is -2.04. The van der Waals surface area contributed by atoms with Gasteiger partial charge in [-0.1, -0.05) is 23.5 Å². The van der Waals surface area contributed by atoms with Crippen LogP contribution in [-0.4, -0.2) is 20.4 Å². The van der Waals surface area contributed by atoms with Gasteiger partial charge in [-0.15, -0.1) is 11.3 Å². The molecule has 0 unspecified atom stereocenters. The Bertz CT molecular complexity index is 1130. The van der Waals surface area contributed by atoms with Crippen molar-refractivity contribution in [2.24, 2.45) is 0 Å². The van der Waals surface area contributed by atoms with Crippen molar-refractivity contribution in [3.63, 3.8) is 0 Å². The van der Waals surface area contributed by atoms with Gasteiger partial charge >= 0.3 is 0 Å². The molecule has 0 saturated carbocycles. The van der Waals surface area contributed by atoms with E-state index in [1.165, 1.54) is 33.6 Å². The zero-order valence-corrected chi connectivity index (χ0v) is 14.3. The van der Waals surface area contributed by atoms with Gasteiger partial charge in [-0.25, -0.2) is 9.97 Å². The van der Waals surface area contributed by atoms with Crippen LogP contribution in [0.15, 0.2) is 40.8 Å². The molecule has 0 aliphatic carbocycles. The number of anilines is 1. The van der Waals surface area contributed by atoms with E-state index in [-0.39, 0.29) is 18.0 Å². The topological polar surface area (TPSA) is 76.9 Å². The Morgan fingerprint density at radius 2 is 2.21 bits per heavy atom. The SMILES string of the molecule is Cc1cccc2sc(NC(=O)Cn3cnc4sccc4c3=O)nc12. The third-order valence-electron chi connectivity index (χ3n) is 3.63. The van der Waals surface area contributed by atoms with Crippen LogP contribution in [0.2, 0.25) is 0 Å². The van der Waals surface area contributed by atoms with Crippen molar-refractivity contribution in [1.82, 2.24) is 14.5 Å². The summed E-state index contributed by atoms with van der Waals surface area (Å²) < 4.78 is 2.33. The van der Waals surface area contributed by atoms with E-state index >= 15 is 0 Å². The number of hydrogen-bond donors (Lipinski definition) is 1. The number of carbonyl (C=O) groups excluding carboxylic acids is 1. The van der Waals surface area contributed by atoms with Gasteiger partial charge in [-0.05, 0) is 30.0 Å². The number of aryl methyl sites for hydroxylation is 1. The van der Waals surface area contributed by atoms with E-state index in [4.69, 9.17) is 0 Å². The average Bonchev–Trinajstić information content (AvgIpc) is 3.17. The number of hydrogen-bond acceptors (Lipinski definition) is 6. The molecule has 3 aromatic heterocycles. The van der Waals surface area contributed by atoms with Gasteiger partial charge in [0.2, 0.25) is 5.91 Å². The number of carbonyl (C=O) groups is 1. The second-order valence-electron chi connectivity index (χ2n) is 5.31. The lowest BCUT2D eigenvalue weighted by Crippen LogP contribution is -2.27. The van der Waals surface area contributed by atoms with Gasteiger partial charge in [0, 0.05) is 0 Å². The zero-order valence-electron chi connectivity index (χ0n) is 12.6. The summed E-state index contributed by atoms with van der Waals surface area (Å²) in [5, 5.41) is 5.63. The van der Waals surface area contributed by atoms with Gasteiger partial charge in [-0.2, -0.15) is 0 Å². The second-order valence-corrected chi connectivity index (χ2v) is 7.23. The summed E-state index contributed by atoms with van der Waals surface area (Å²) in [6.45, 7) is 1.89. The highest BCUT2D eigenvalue weighted by molar-refractivity contribution is 7.22. The average molecular weight is 356 g/mol. The van der Waals surface area contributed by atoms with E-state index < -0.39 is 0 Å². The molecule has 6 nitrogen and oxygen atoms in total. The molecule has 4 rings (SSSR count). The van der Waals surface area contributed by atoms with Crippen LogP contribution in [0, 0.1) is 6.92 Å². The summed E-state index contributed by atoms with van der Waals surface area (Å²) in [6.07, 6.45) is 1.41. The van der Waals surface area contributed by atoms with E-state index in [0.717, 1.165) is 15.8 Å². The lowest BCUT2D eigenvalue weighted by atomic mass is 10.2. The Hall–Kier alpha value is -2.58. The second kappa shape index (κ2) is 5.81. The van der Waals surface area contributed by atoms with E-state index in [1.54, 1.807) is 6.07 Å². The predicted octanol–water partition coefficient (Wildman–Crippen LogP) is 3.01. The third kappa shape index (κ3) is 2.59. The van der Waals surface area contributed by atoms with E-state index in [1.807, 2.05) is 30.5 Å². The minimum absolute atomic E-state index is 0.0907. The molecule has 0 aliphatic heterocycles. The summed E-state index contributed by atoms with van der Waals surface area (Å²) in [5.74, 6) is -0.301. The molecule has 4 aromatic rings. The fourth-order valence-corrected chi connectivity index (χ4v) is 4.14. The molecule has 1 aromatic carbocycles. The largest absolute Gasteiger partial charge is 0.300 e. The molecule has 120 valence electrons. The van der Waals surface area contributed by atoms with Gasteiger partial charge in [0.25, 0.3) is 5.56 Å². The molecule has 0 saturated heterocycles. The van der Waals surface area contributed by atoms with Crippen molar-refractivity contribution in [1.29, 1.82) is 0 Å². The first-order valence-electron chi connectivity index (χ1n) is 7.20. The predicted molar refractivity (Wildman–Crippen MR) is 96.9 cm³/mol. The minimum Gasteiger partial charge on any atom is -0.300 e. The highest BCUT2D eigenvalue weighted by Crippen LogP contribution is 2.27. The van der Waals surface area contributed by atoms with Crippen LogP contribution in [0.1, 0.15) is 5.56 Å². The molecular formula is C16H12N4O2S2. The van der Waals surface area contributed by atoms with Crippen molar-refractivity contribution >= 4 is 54.1 Å². The van der Waals surface area contributed by atoms with Crippen LogP contribution in [-0.2, 0) is 11.3 Å². The van der Waals surface area contributed by atoms with Gasteiger partial charge in [0.1, 0.15) is 11.4 Å². The van der Waals surface area contributed by atoms with Crippen molar-refractivity contribution in [2.45, 2.75) is 13.5 Å². The van der Waals surface area contributed by atoms with Gasteiger partial charge in [0.05, 0.1) is 21.9 Å². The van der Waals surface area contributed by atoms with Crippen LogP contribution in [0.4, 0.5) is 5.13 Å². The van der Waals surface area contributed by atoms with Crippen LogP contribution in [0.25, 0.3) is 20.4 Å². The molecule has 0 fully saturated rings. The standard InChI is InChI=1S/C16H12N4O2S2/c1-9-3-2-4-11-13(9)19-16(24-11)18-12(21)7-20-8-17-14-10(15(20)22)5-6-23-14/h2-6,8H,7H2,1H3,(H,18,19,21). The third-order valence-corrected chi connectivity index (χ3v) is 5.39. The Morgan fingerprint density at radius 1 is 1.33 bits per heavy atom. The molecule has 0 bridgehead atoms. The Balaban J connectivity index is 1.58. The number of amides is 1. The molecule has 24 heavy (non-hydrogen) atoms. The minimum atomic E-state index is -0.301. The smallest absolute Gasteiger partial charge is 0.262 e. The number of benzene rings is 1. The van der Waals surface area contributed by atoms with Crippen LogP contribution in [0.5, 0.6) is 0 Å². The first-order valence-corrected chi connectivity index (χ1v) is 8.90. The lowest BCUT2D eigenvalue weighted by molar-refractivity contribution is -0.116. The first-order chi connectivity index (χ1) is 11.6. The summed E-state index contributed by atoms with van der Waals surface area (Å²) >= 11 is 2.82. The number of nitrogens with one attached hydrogen (secondary N) is 1. The molecule has 0 radical (unpaired) electrons. The number of nitrogens with zero attached hydrogens (tertiary/aromatic N) is 3. The maximum absolute atomic E-state index is 12.3. The maximum atomic E-state index is 12.3. The maximum Gasteiger partial charge on any atom is 0.262 e. The van der Waals surface area contributed by atoms with Crippen LogP contribution < -0.4 is 10.9 Å². The fraction of sp³-hybridized carbons (Fsp3) is 0.125. The molecule has 0 spiro atoms. The molecular weight excluding hydrogens is 344 g/mol. The summed E-state index contributed by atoms with van der Waals surface area (Å²) in [7, 11) is 0. The highest BCUT2D eigenvalue weighted by atomic mass is 32.1. The van der Waals surface area contributed by atoms with Crippen LogP contribution >= 0.6 is 22.7 Å². The van der Waals surface area contributed by atoms with Gasteiger partial charge in [0.15, 0.2) is 5.13 Å². The molecule has 3 heterocycles. The number of thiazole rings is 1. The fourth-order valence-electron chi connectivity index (χ4n) is 2.46. The van der Waals surface area contributed by atoms with Gasteiger partial charge < -0.3 is 5.32 Å². The summed E-state index contributed by atoms with van der Waals surface area (Å²) in [4.78, 5) is 33.9. The van der Waals surface area contributed by atoms with Crippen LogP contribution in [0.3, 0.4) is 0 Å². The number of rotatable bonds is 3. The zero-order chi connectivity index (χ0) is 16.7. The van der Waals surface area contributed by atoms with Crippen molar-refractivity contribution in [3.05, 3.63) is 51.9 Å². The molecule has 8 heteroatoms. The number of para-hydroxylation sites is 1. The monoisotopic (exact) mass is 356 g/mol. The highest BCUT2D eigenvalue weighted by Gasteiger charge is 2.12. The summed E-state index contributed by atoms with van der Waals surface area (Å²) in [5.41, 5.74) is 1.74. The number of thiophene rings is 1. The Morgan fingerprint density at radius 3 is 3.04 bits per heavy atom. The van der Waals surface area contributed by atoms with E-state index in [2.05, 4.69) is 15.3 Å². The Kier molecular flexibility index (Phi) is 3.62. The van der Waals surface area contributed by atoms with Gasteiger partial charge in [-0.3, -0.25) is 14.2 Å². The first kappa shape index (κ1) is 15.0. The van der Waals surface area contributed by atoms with Crippen molar-refractivity contribution in [3.8, 4) is 0 Å². The van der Waals surface area contributed by atoms with Crippen molar-refractivity contribution < 1.29 is 4.79 Å². The molecule has 0 atom stereocenters.